The number of nitrogens with one attached hydrogen (secondary N) is 1. The third-order valence-corrected chi connectivity index (χ3v) is 2.18. The summed E-state index contributed by atoms with van der Waals surface area (Å²) < 4.78 is 9.59. The van der Waals surface area contributed by atoms with E-state index in [9.17, 15) is 9.59 Å². The van der Waals surface area contributed by atoms with Crippen molar-refractivity contribution in [1.82, 2.24) is 5.32 Å². The van der Waals surface area contributed by atoms with Crippen molar-refractivity contribution in [2.45, 2.75) is 0 Å². The fourth-order valence-corrected chi connectivity index (χ4v) is 1.35. The Kier molecular flexibility index (Phi) is 5.62. The number of rotatable bonds is 6. The molecule has 5 N–H and O–H groups in total. The SMILES string of the molecule is COCCNC(=O)COC(=O)c1cc(N)cc(N)c1. The molecule has 0 aliphatic rings. The molecular weight excluding hydrogens is 250 g/mol. The van der Waals surface area contributed by atoms with E-state index in [0.717, 1.165) is 0 Å². The topological polar surface area (TPSA) is 117 Å². The Balaban J connectivity index is 2.44. The molecule has 104 valence electrons. The van der Waals surface area contributed by atoms with Crippen LogP contribution in [-0.4, -0.2) is 38.7 Å². The summed E-state index contributed by atoms with van der Waals surface area (Å²) in [7, 11) is 1.52. The quantitative estimate of drug-likeness (QED) is 0.372. The molecule has 7 heteroatoms. The minimum atomic E-state index is -0.652. The first-order valence-electron chi connectivity index (χ1n) is 5.61. The largest absolute Gasteiger partial charge is 0.452 e. The van der Waals surface area contributed by atoms with E-state index >= 15 is 0 Å². The maximum atomic E-state index is 11.6. The first-order chi connectivity index (χ1) is 9.02. The molecule has 0 saturated heterocycles. The van der Waals surface area contributed by atoms with E-state index in [1.165, 1.54) is 25.3 Å². The van der Waals surface area contributed by atoms with Crippen LogP contribution in [0.25, 0.3) is 0 Å². The van der Waals surface area contributed by atoms with Crippen LogP contribution in [0.3, 0.4) is 0 Å². The van der Waals surface area contributed by atoms with E-state index in [4.69, 9.17) is 20.9 Å². The Hall–Kier alpha value is -2.28. The van der Waals surface area contributed by atoms with Crippen LogP contribution in [0, 0.1) is 0 Å². The molecule has 0 heterocycles. The predicted molar refractivity (Wildman–Crippen MR) is 70.4 cm³/mol. The molecule has 0 atom stereocenters. The van der Waals surface area contributed by atoms with Gasteiger partial charge in [-0.25, -0.2) is 4.79 Å². The highest BCUT2D eigenvalue weighted by molar-refractivity contribution is 5.93. The van der Waals surface area contributed by atoms with Gasteiger partial charge in [0.15, 0.2) is 6.61 Å². The number of nitrogens with two attached hydrogens (primary N) is 2. The number of hydrogen-bond donors (Lipinski definition) is 3. The molecule has 1 aromatic carbocycles. The lowest BCUT2D eigenvalue weighted by molar-refractivity contribution is -0.124. The number of nitrogen functional groups attached to an aromatic ring is 2. The van der Waals surface area contributed by atoms with Crippen molar-refractivity contribution < 1.29 is 19.1 Å². The summed E-state index contributed by atoms with van der Waals surface area (Å²) in [6.07, 6.45) is 0. The minimum absolute atomic E-state index is 0.210. The molecule has 0 aliphatic carbocycles. The van der Waals surface area contributed by atoms with Crippen LogP contribution in [0.5, 0.6) is 0 Å². The highest BCUT2D eigenvalue weighted by atomic mass is 16.5. The molecular formula is C12H17N3O4. The van der Waals surface area contributed by atoms with Crippen molar-refractivity contribution in [3.63, 3.8) is 0 Å². The Morgan fingerprint density at radius 1 is 1.21 bits per heavy atom. The summed E-state index contributed by atoms with van der Waals surface area (Å²) >= 11 is 0. The second kappa shape index (κ2) is 7.22. The van der Waals surface area contributed by atoms with Gasteiger partial charge in [-0.3, -0.25) is 4.79 Å². The van der Waals surface area contributed by atoms with Crippen LogP contribution in [0.4, 0.5) is 11.4 Å². The van der Waals surface area contributed by atoms with E-state index in [1.54, 1.807) is 0 Å². The van der Waals surface area contributed by atoms with Crippen molar-refractivity contribution in [3.8, 4) is 0 Å². The zero-order chi connectivity index (χ0) is 14.3. The molecule has 0 aliphatic heterocycles. The van der Waals surface area contributed by atoms with Crippen LogP contribution in [0.15, 0.2) is 18.2 Å². The van der Waals surface area contributed by atoms with Crippen LogP contribution < -0.4 is 16.8 Å². The average molecular weight is 267 g/mol. The van der Waals surface area contributed by atoms with Gasteiger partial charge in [-0.15, -0.1) is 0 Å². The van der Waals surface area contributed by atoms with E-state index < -0.39 is 11.9 Å². The predicted octanol–water partition coefficient (Wildman–Crippen LogP) is -0.230. The molecule has 1 aromatic rings. The zero-order valence-corrected chi connectivity index (χ0v) is 10.6. The van der Waals surface area contributed by atoms with Crippen LogP contribution in [-0.2, 0) is 14.3 Å². The van der Waals surface area contributed by atoms with E-state index in [1.807, 2.05) is 0 Å². The van der Waals surface area contributed by atoms with Gasteiger partial charge in [0.1, 0.15) is 0 Å². The van der Waals surface area contributed by atoms with Crippen molar-refractivity contribution in [1.29, 1.82) is 0 Å². The number of esters is 1. The number of benzene rings is 1. The highest BCUT2D eigenvalue weighted by Gasteiger charge is 2.11. The summed E-state index contributed by atoms with van der Waals surface area (Å²) in [6.45, 7) is 0.390. The number of carbonyl (C=O) groups excluding carboxylic acids is 2. The maximum absolute atomic E-state index is 11.6. The molecule has 0 spiro atoms. The second-order valence-corrected chi connectivity index (χ2v) is 3.81. The van der Waals surface area contributed by atoms with Gasteiger partial charge in [-0.1, -0.05) is 0 Å². The Morgan fingerprint density at radius 2 is 1.84 bits per heavy atom. The molecule has 0 radical (unpaired) electrons. The van der Waals surface area contributed by atoms with Gasteiger partial charge < -0.3 is 26.3 Å². The maximum Gasteiger partial charge on any atom is 0.338 e. The zero-order valence-electron chi connectivity index (χ0n) is 10.6. The third kappa shape index (κ3) is 5.26. The molecule has 7 nitrogen and oxygen atoms in total. The lowest BCUT2D eigenvalue weighted by Gasteiger charge is -2.07. The molecule has 0 bridgehead atoms. The normalized spacial score (nSPS) is 9.95. The van der Waals surface area contributed by atoms with Gasteiger partial charge in [0.25, 0.3) is 5.91 Å². The number of methoxy groups -OCH3 is 1. The van der Waals surface area contributed by atoms with Crippen molar-refractivity contribution in [2.75, 3.05) is 38.3 Å². The third-order valence-electron chi connectivity index (χ3n) is 2.18. The standard InChI is InChI=1S/C12H17N3O4/c1-18-3-2-15-11(16)7-19-12(17)8-4-9(13)6-10(14)5-8/h4-6H,2-3,7,13-14H2,1H3,(H,15,16). The van der Waals surface area contributed by atoms with E-state index in [2.05, 4.69) is 5.32 Å². The number of hydrogen-bond acceptors (Lipinski definition) is 6. The molecule has 0 unspecified atom stereocenters. The fourth-order valence-electron chi connectivity index (χ4n) is 1.35. The molecule has 0 saturated carbocycles. The average Bonchev–Trinajstić information content (AvgIpc) is 2.35. The van der Waals surface area contributed by atoms with Crippen LogP contribution in [0.2, 0.25) is 0 Å². The number of amides is 1. The number of anilines is 2. The summed E-state index contributed by atoms with van der Waals surface area (Å²) in [4.78, 5) is 22.9. The lowest BCUT2D eigenvalue weighted by Crippen LogP contribution is -2.31. The van der Waals surface area contributed by atoms with Crippen LogP contribution in [0.1, 0.15) is 10.4 Å². The summed E-state index contributed by atoms with van der Waals surface area (Å²) in [5.41, 5.74) is 12.0. The number of ether oxygens (including phenoxy) is 2. The molecule has 19 heavy (non-hydrogen) atoms. The highest BCUT2D eigenvalue weighted by Crippen LogP contribution is 2.14. The first kappa shape index (κ1) is 14.8. The molecule has 0 aromatic heterocycles. The summed E-state index contributed by atoms with van der Waals surface area (Å²) in [5.74, 6) is -1.05. The van der Waals surface area contributed by atoms with Crippen molar-refractivity contribution >= 4 is 23.3 Å². The van der Waals surface area contributed by atoms with Gasteiger partial charge in [-0.05, 0) is 18.2 Å². The molecule has 1 rings (SSSR count). The van der Waals surface area contributed by atoms with E-state index in [0.29, 0.717) is 24.5 Å². The van der Waals surface area contributed by atoms with Crippen molar-refractivity contribution in [2.24, 2.45) is 0 Å². The second-order valence-electron chi connectivity index (χ2n) is 3.81. The minimum Gasteiger partial charge on any atom is -0.452 e. The van der Waals surface area contributed by atoms with Crippen molar-refractivity contribution in [3.05, 3.63) is 23.8 Å². The summed E-state index contributed by atoms with van der Waals surface area (Å²) in [5, 5.41) is 2.52. The summed E-state index contributed by atoms with van der Waals surface area (Å²) in [6, 6.07) is 4.39. The van der Waals surface area contributed by atoms with Gasteiger partial charge in [0.05, 0.1) is 12.2 Å². The first-order valence-corrected chi connectivity index (χ1v) is 5.61. The van der Waals surface area contributed by atoms with Crippen LogP contribution >= 0.6 is 0 Å². The molecule has 1 amide bonds. The Labute approximate surface area is 110 Å². The Morgan fingerprint density at radius 3 is 2.42 bits per heavy atom. The monoisotopic (exact) mass is 267 g/mol. The number of carbonyl (C=O) groups is 2. The van der Waals surface area contributed by atoms with Gasteiger partial charge in [-0.2, -0.15) is 0 Å². The smallest absolute Gasteiger partial charge is 0.338 e. The lowest BCUT2D eigenvalue weighted by atomic mass is 10.2. The van der Waals surface area contributed by atoms with Gasteiger partial charge in [0.2, 0.25) is 0 Å². The Bertz CT molecular complexity index is 442. The van der Waals surface area contributed by atoms with Gasteiger partial charge >= 0.3 is 5.97 Å². The van der Waals surface area contributed by atoms with Gasteiger partial charge in [0, 0.05) is 25.0 Å². The fraction of sp³-hybridized carbons (Fsp3) is 0.333. The molecule has 0 fully saturated rings. The van der Waals surface area contributed by atoms with E-state index in [-0.39, 0.29) is 12.2 Å².